The molecule has 0 aliphatic carbocycles. The van der Waals surface area contributed by atoms with Gasteiger partial charge in [0, 0.05) is 6.54 Å². The molecule has 1 saturated heterocycles. The third kappa shape index (κ3) is 6.38. The first-order valence-corrected chi connectivity index (χ1v) is 9.73. The number of nitrogens with zero attached hydrogens (tertiary/aromatic N) is 1. The molecular weight excluding hydrogens is 384 g/mol. The molecule has 1 rings (SSSR count). The summed E-state index contributed by atoms with van der Waals surface area (Å²) in [5, 5.41) is 32.3. The molecule has 1 aliphatic rings. The van der Waals surface area contributed by atoms with Gasteiger partial charge in [0.2, 0.25) is 17.7 Å². The summed E-state index contributed by atoms with van der Waals surface area (Å²) < 4.78 is 0. The van der Waals surface area contributed by atoms with Crippen LogP contribution in [0.15, 0.2) is 0 Å². The van der Waals surface area contributed by atoms with Crippen molar-refractivity contribution in [2.75, 3.05) is 13.2 Å². The van der Waals surface area contributed by atoms with Crippen LogP contribution in [0.3, 0.4) is 0 Å². The van der Waals surface area contributed by atoms with E-state index in [1.165, 1.54) is 11.8 Å². The van der Waals surface area contributed by atoms with Crippen LogP contribution in [0.5, 0.6) is 0 Å². The first-order valence-electron chi connectivity index (χ1n) is 9.73. The van der Waals surface area contributed by atoms with E-state index >= 15 is 0 Å². The second-order valence-corrected chi connectivity index (χ2v) is 7.41. The number of amides is 3. The lowest BCUT2D eigenvalue weighted by Gasteiger charge is -2.30. The summed E-state index contributed by atoms with van der Waals surface area (Å²) in [6, 6.07) is -4.60. The van der Waals surface area contributed by atoms with E-state index in [0.717, 1.165) is 0 Å². The number of nitrogens with two attached hydrogens (primary N) is 1. The highest BCUT2D eigenvalue weighted by atomic mass is 16.4. The zero-order chi connectivity index (χ0) is 22.3. The number of nitrogens with one attached hydrogen (secondary N) is 2. The molecule has 11 heteroatoms. The molecule has 3 amide bonds. The van der Waals surface area contributed by atoms with Crippen molar-refractivity contribution >= 4 is 23.7 Å². The summed E-state index contributed by atoms with van der Waals surface area (Å²) in [6.45, 7) is 4.53. The fraction of sp³-hybridized carbons (Fsp3) is 0.778. The maximum atomic E-state index is 12.7. The topological polar surface area (TPSA) is 182 Å². The van der Waals surface area contributed by atoms with Gasteiger partial charge in [-0.05, 0) is 25.7 Å². The van der Waals surface area contributed by atoms with Crippen LogP contribution in [-0.4, -0.2) is 87.3 Å². The molecule has 0 aromatic rings. The van der Waals surface area contributed by atoms with Gasteiger partial charge in [-0.25, -0.2) is 4.79 Å². The number of rotatable bonds is 10. The van der Waals surface area contributed by atoms with E-state index in [4.69, 9.17) is 15.9 Å². The summed E-state index contributed by atoms with van der Waals surface area (Å²) in [7, 11) is 0. The molecule has 0 spiro atoms. The van der Waals surface area contributed by atoms with Crippen molar-refractivity contribution in [2.24, 2.45) is 11.7 Å². The number of hydrogen-bond acceptors (Lipinski definition) is 7. The Morgan fingerprint density at radius 1 is 1.21 bits per heavy atom. The molecule has 1 fully saturated rings. The molecule has 6 unspecified atom stereocenters. The molecule has 11 nitrogen and oxygen atoms in total. The van der Waals surface area contributed by atoms with Gasteiger partial charge in [0.05, 0.1) is 18.8 Å². The first-order chi connectivity index (χ1) is 13.5. The van der Waals surface area contributed by atoms with E-state index in [0.29, 0.717) is 25.8 Å². The van der Waals surface area contributed by atoms with Crippen molar-refractivity contribution < 1.29 is 34.5 Å². The molecule has 0 bridgehead atoms. The molecule has 6 atom stereocenters. The zero-order valence-corrected chi connectivity index (χ0v) is 17.0. The van der Waals surface area contributed by atoms with Crippen LogP contribution >= 0.6 is 0 Å². The SMILES string of the molecule is CCC(C)C(N)C(=O)N1CCCC1C(=O)NC(C(=O)NC(CO)C(=O)O)C(C)O. The van der Waals surface area contributed by atoms with E-state index in [-0.39, 0.29) is 11.8 Å². The predicted molar refractivity (Wildman–Crippen MR) is 102 cm³/mol. The Labute approximate surface area is 169 Å². The summed E-state index contributed by atoms with van der Waals surface area (Å²) in [4.78, 5) is 50.1. The second kappa shape index (κ2) is 11.1. The highest BCUT2D eigenvalue weighted by Gasteiger charge is 2.39. The lowest BCUT2D eigenvalue weighted by molar-refractivity contribution is -0.145. The average Bonchev–Trinajstić information content (AvgIpc) is 3.17. The van der Waals surface area contributed by atoms with Crippen LogP contribution in [0.25, 0.3) is 0 Å². The lowest BCUT2D eigenvalue weighted by atomic mass is 9.98. The van der Waals surface area contributed by atoms with E-state index < -0.39 is 54.7 Å². The number of carboxylic acid groups (broad SMARTS) is 1. The molecule has 0 radical (unpaired) electrons. The summed E-state index contributed by atoms with van der Waals surface area (Å²) >= 11 is 0. The van der Waals surface area contributed by atoms with Gasteiger partial charge in [0.25, 0.3) is 0 Å². The van der Waals surface area contributed by atoms with Gasteiger partial charge in [-0.3, -0.25) is 14.4 Å². The zero-order valence-electron chi connectivity index (χ0n) is 17.0. The average molecular weight is 416 g/mol. The Kier molecular flexibility index (Phi) is 9.47. The number of likely N-dealkylation sites (tertiary alicyclic amines) is 1. The van der Waals surface area contributed by atoms with Crippen molar-refractivity contribution in [3.8, 4) is 0 Å². The summed E-state index contributed by atoms with van der Waals surface area (Å²) in [6.07, 6.45) is 0.346. The van der Waals surface area contributed by atoms with Gasteiger partial charge < -0.3 is 36.6 Å². The monoisotopic (exact) mass is 416 g/mol. The molecule has 1 aliphatic heterocycles. The van der Waals surface area contributed by atoms with E-state index in [1.54, 1.807) is 0 Å². The first kappa shape index (κ1) is 24.8. The van der Waals surface area contributed by atoms with Crippen LogP contribution < -0.4 is 16.4 Å². The maximum Gasteiger partial charge on any atom is 0.328 e. The normalized spacial score (nSPS) is 21.6. The van der Waals surface area contributed by atoms with Crippen LogP contribution in [0.4, 0.5) is 0 Å². The van der Waals surface area contributed by atoms with Crippen molar-refractivity contribution in [2.45, 2.75) is 70.3 Å². The van der Waals surface area contributed by atoms with Gasteiger partial charge in [-0.1, -0.05) is 20.3 Å². The Bertz CT molecular complexity index is 613. The van der Waals surface area contributed by atoms with Gasteiger partial charge in [-0.2, -0.15) is 0 Å². The Hall–Kier alpha value is -2.24. The second-order valence-electron chi connectivity index (χ2n) is 7.41. The van der Waals surface area contributed by atoms with E-state index in [9.17, 15) is 24.3 Å². The van der Waals surface area contributed by atoms with Crippen LogP contribution in [0.2, 0.25) is 0 Å². The van der Waals surface area contributed by atoms with Crippen LogP contribution in [-0.2, 0) is 19.2 Å². The van der Waals surface area contributed by atoms with Crippen molar-refractivity contribution in [1.82, 2.24) is 15.5 Å². The lowest BCUT2D eigenvalue weighted by Crippen LogP contribution is -2.60. The van der Waals surface area contributed by atoms with Gasteiger partial charge >= 0.3 is 5.97 Å². The highest BCUT2D eigenvalue weighted by Crippen LogP contribution is 2.20. The van der Waals surface area contributed by atoms with E-state index in [1.807, 2.05) is 13.8 Å². The maximum absolute atomic E-state index is 12.7. The van der Waals surface area contributed by atoms with Crippen LogP contribution in [0, 0.1) is 5.92 Å². The molecule has 29 heavy (non-hydrogen) atoms. The van der Waals surface area contributed by atoms with E-state index in [2.05, 4.69) is 10.6 Å². The van der Waals surface area contributed by atoms with Gasteiger partial charge in [0.1, 0.15) is 18.1 Å². The quantitative estimate of drug-likeness (QED) is 0.231. The summed E-state index contributed by atoms with van der Waals surface area (Å²) in [5.74, 6) is -3.45. The molecule has 1 heterocycles. The number of aliphatic carboxylic acids is 1. The fourth-order valence-corrected chi connectivity index (χ4v) is 3.09. The largest absolute Gasteiger partial charge is 0.480 e. The van der Waals surface area contributed by atoms with Crippen molar-refractivity contribution in [3.05, 3.63) is 0 Å². The number of carbonyl (C=O) groups is 4. The van der Waals surface area contributed by atoms with Crippen molar-refractivity contribution in [1.29, 1.82) is 0 Å². The number of aliphatic hydroxyl groups is 2. The number of carboxylic acids is 1. The number of aliphatic hydroxyl groups excluding tert-OH is 2. The van der Waals surface area contributed by atoms with Crippen LogP contribution in [0.1, 0.15) is 40.0 Å². The fourth-order valence-electron chi connectivity index (χ4n) is 3.09. The Balaban J connectivity index is 2.87. The smallest absolute Gasteiger partial charge is 0.328 e. The third-order valence-corrected chi connectivity index (χ3v) is 5.24. The Morgan fingerprint density at radius 3 is 2.31 bits per heavy atom. The third-order valence-electron chi connectivity index (χ3n) is 5.24. The number of hydrogen-bond donors (Lipinski definition) is 6. The van der Waals surface area contributed by atoms with Crippen molar-refractivity contribution in [3.63, 3.8) is 0 Å². The molecule has 7 N–H and O–H groups in total. The van der Waals surface area contributed by atoms with Gasteiger partial charge in [0.15, 0.2) is 0 Å². The minimum atomic E-state index is -1.57. The molecular formula is C18H32N4O7. The number of carbonyl (C=O) groups excluding carboxylic acids is 3. The minimum absolute atomic E-state index is 0.0609. The summed E-state index contributed by atoms with van der Waals surface area (Å²) in [5.41, 5.74) is 6.00. The minimum Gasteiger partial charge on any atom is -0.480 e. The molecule has 166 valence electrons. The Morgan fingerprint density at radius 2 is 1.83 bits per heavy atom. The van der Waals surface area contributed by atoms with Gasteiger partial charge in [-0.15, -0.1) is 0 Å². The highest BCUT2D eigenvalue weighted by molar-refractivity contribution is 5.94. The molecule has 0 saturated carbocycles. The predicted octanol–water partition coefficient (Wildman–Crippen LogP) is -2.22. The standard InChI is InChI=1S/C18H32N4O7/c1-4-9(2)13(19)17(27)22-7-5-6-12(22)15(25)21-14(10(3)24)16(26)20-11(8-23)18(28)29/h9-14,23-24H,4-8,19H2,1-3H3,(H,20,26)(H,21,25)(H,28,29). The molecule has 0 aromatic carbocycles. The molecule has 0 aromatic heterocycles.